The molecule has 1 amide bonds. The van der Waals surface area contributed by atoms with Crippen LogP contribution in [0.2, 0.25) is 0 Å². The highest BCUT2D eigenvalue weighted by Gasteiger charge is 2.32. The summed E-state index contributed by atoms with van der Waals surface area (Å²) in [6.45, 7) is 7.37. The van der Waals surface area contributed by atoms with Crippen molar-refractivity contribution in [1.82, 2.24) is 20.0 Å². The zero-order valence-corrected chi connectivity index (χ0v) is 14.2. The number of aryl methyl sites for hydroxylation is 1. The minimum absolute atomic E-state index is 0.0967. The van der Waals surface area contributed by atoms with Crippen molar-refractivity contribution in [1.29, 1.82) is 0 Å². The van der Waals surface area contributed by atoms with Gasteiger partial charge in [0.15, 0.2) is 0 Å². The highest BCUT2D eigenvalue weighted by atomic mass is 16.5. The predicted molar refractivity (Wildman–Crippen MR) is 88.1 cm³/mol. The van der Waals surface area contributed by atoms with E-state index >= 15 is 0 Å². The molecule has 3 heterocycles. The van der Waals surface area contributed by atoms with E-state index in [-0.39, 0.29) is 18.1 Å². The number of carbonyl (C=O) groups is 1. The molecule has 6 nitrogen and oxygen atoms in total. The summed E-state index contributed by atoms with van der Waals surface area (Å²) in [5, 5.41) is 7.44. The minimum atomic E-state index is -0.0967. The molecule has 0 aromatic carbocycles. The molecule has 2 saturated heterocycles. The van der Waals surface area contributed by atoms with Gasteiger partial charge in [-0.3, -0.25) is 14.4 Å². The zero-order valence-electron chi connectivity index (χ0n) is 14.2. The summed E-state index contributed by atoms with van der Waals surface area (Å²) < 4.78 is 7.57. The first-order valence-corrected chi connectivity index (χ1v) is 8.77. The molecular weight excluding hydrogens is 292 g/mol. The number of rotatable bonds is 6. The average molecular weight is 320 g/mol. The predicted octanol–water partition coefficient (Wildman–Crippen LogP) is 1.34. The van der Waals surface area contributed by atoms with E-state index in [1.165, 1.54) is 5.56 Å². The molecule has 128 valence electrons. The Hall–Kier alpha value is -1.40. The molecule has 0 aliphatic carbocycles. The van der Waals surface area contributed by atoms with Gasteiger partial charge in [0, 0.05) is 25.4 Å². The van der Waals surface area contributed by atoms with E-state index in [4.69, 9.17) is 4.74 Å². The van der Waals surface area contributed by atoms with Gasteiger partial charge in [-0.25, -0.2) is 0 Å². The lowest BCUT2D eigenvalue weighted by atomic mass is 10.1. The Morgan fingerprint density at radius 1 is 1.48 bits per heavy atom. The molecule has 1 aromatic heterocycles. The smallest absolute Gasteiger partial charge is 0.237 e. The van der Waals surface area contributed by atoms with Crippen LogP contribution in [0.15, 0.2) is 12.4 Å². The van der Waals surface area contributed by atoms with Crippen LogP contribution in [-0.4, -0.2) is 58.5 Å². The SMILES string of the molecule is Cc1cnn(CC2CCCN2C(C)C(=O)NCC2CCCO2)c1. The van der Waals surface area contributed by atoms with Gasteiger partial charge in [-0.15, -0.1) is 0 Å². The highest BCUT2D eigenvalue weighted by Crippen LogP contribution is 2.22. The topological polar surface area (TPSA) is 59.4 Å². The molecule has 3 atom stereocenters. The fourth-order valence-corrected chi connectivity index (χ4v) is 3.66. The number of hydrogen-bond donors (Lipinski definition) is 1. The van der Waals surface area contributed by atoms with E-state index in [9.17, 15) is 4.79 Å². The average Bonchev–Trinajstić information content (AvgIpc) is 3.27. The molecule has 2 aliphatic rings. The highest BCUT2D eigenvalue weighted by molar-refractivity contribution is 5.81. The maximum absolute atomic E-state index is 12.5. The maximum Gasteiger partial charge on any atom is 0.237 e. The summed E-state index contributed by atoms with van der Waals surface area (Å²) in [6, 6.07) is 0.290. The summed E-state index contributed by atoms with van der Waals surface area (Å²) in [7, 11) is 0. The molecule has 2 aliphatic heterocycles. The van der Waals surface area contributed by atoms with Crippen LogP contribution < -0.4 is 5.32 Å². The van der Waals surface area contributed by atoms with Gasteiger partial charge in [-0.1, -0.05) is 0 Å². The van der Waals surface area contributed by atoms with Crippen molar-refractivity contribution >= 4 is 5.91 Å². The second kappa shape index (κ2) is 7.45. The molecule has 1 N–H and O–H groups in total. The third-order valence-corrected chi connectivity index (χ3v) is 4.99. The first-order chi connectivity index (χ1) is 11.1. The Balaban J connectivity index is 1.52. The van der Waals surface area contributed by atoms with Gasteiger partial charge in [-0.05, 0) is 51.6 Å². The number of likely N-dealkylation sites (tertiary alicyclic amines) is 1. The minimum Gasteiger partial charge on any atom is -0.376 e. The van der Waals surface area contributed by atoms with Crippen LogP contribution in [0.1, 0.15) is 38.2 Å². The van der Waals surface area contributed by atoms with E-state index in [1.807, 2.05) is 17.8 Å². The fraction of sp³-hybridized carbons (Fsp3) is 0.765. The summed E-state index contributed by atoms with van der Waals surface area (Å²) in [6.07, 6.45) is 8.59. The van der Waals surface area contributed by atoms with Crippen LogP contribution in [0.5, 0.6) is 0 Å². The van der Waals surface area contributed by atoms with E-state index in [0.717, 1.165) is 45.4 Å². The lowest BCUT2D eigenvalue weighted by Gasteiger charge is -2.30. The standard InChI is InChI=1S/C17H28N4O2/c1-13-9-19-20(11-13)12-15-5-3-7-21(15)14(2)17(22)18-10-16-6-4-8-23-16/h9,11,14-16H,3-8,10,12H2,1-2H3,(H,18,22). The van der Waals surface area contributed by atoms with Crippen LogP contribution in [-0.2, 0) is 16.1 Å². The molecule has 0 radical (unpaired) electrons. The maximum atomic E-state index is 12.5. The van der Waals surface area contributed by atoms with Crippen molar-refractivity contribution in [3.05, 3.63) is 18.0 Å². The van der Waals surface area contributed by atoms with E-state index in [1.54, 1.807) is 0 Å². The van der Waals surface area contributed by atoms with Gasteiger partial charge in [0.1, 0.15) is 0 Å². The van der Waals surface area contributed by atoms with Crippen molar-refractivity contribution in [3.8, 4) is 0 Å². The Kier molecular flexibility index (Phi) is 5.33. The first-order valence-electron chi connectivity index (χ1n) is 8.77. The second-order valence-corrected chi connectivity index (χ2v) is 6.83. The van der Waals surface area contributed by atoms with Crippen molar-refractivity contribution in [2.45, 2.75) is 64.3 Å². The van der Waals surface area contributed by atoms with Crippen LogP contribution in [0.3, 0.4) is 0 Å². The van der Waals surface area contributed by atoms with Crippen LogP contribution in [0, 0.1) is 6.92 Å². The number of amides is 1. The van der Waals surface area contributed by atoms with Gasteiger partial charge < -0.3 is 10.1 Å². The third kappa shape index (κ3) is 4.12. The van der Waals surface area contributed by atoms with Gasteiger partial charge in [-0.2, -0.15) is 5.10 Å². The molecule has 23 heavy (non-hydrogen) atoms. The lowest BCUT2D eigenvalue weighted by Crippen LogP contribution is -2.49. The van der Waals surface area contributed by atoms with Crippen molar-refractivity contribution < 1.29 is 9.53 Å². The molecule has 3 unspecified atom stereocenters. The second-order valence-electron chi connectivity index (χ2n) is 6.83. The third-order valence-electron chi connectivity index (χ3n) is 4.99. The number of nitrogens with one attached hydrogen (secondary N) is 1. The molecule has 0 spiro atoms. The summed E-state index contributed by atoms with van der Waals surface area (Å²) in [4.78, 5) is 14.8. The molecule has 2 fully saturated rings. The summed E-state index contributed by atoms with van der Waals surface area (Å²) in [5.41, 5.74) is 1.18. The Bertz CT molecular complexity index is 524. The number of aromatic nitrogens is 2. The lowest BCUT2D eigenvalue weighted by molar-refractivity contribution is -0.126. The summed E-state index contributed by atoms with van der Waals surface area (Å²) >= 11 is 0. The number of carbonyl (C=O) groups excluding carboxylic acids is 1. The molecular formula is C17H28N4O2. The molecule has 6 heteroatoms. The number of ether oxygens (including phenoxy) is 1. The largest absolute Gasteiger partial charge is 0.376 e. The number of hydrogen-bond acceptors (Lipinski definition) is 4. The van der Waals surface area contributed by atoms with Gasteiger partial charge in [0.2, 0.25) is 5.91 Å². The Labute approximate surface area is 138 Å². The van der Waals surface area contributed by atoms with Gasteiger partial charge in [0.05, 0.1) is 24.9 Å². The molecule has 3 rings (SSSR count). The van der Waals surface area contributed by atoms with Crippen molar-refractivity contribution in [2.24, 2.45) is 0 Å². The van der Waals surface area contributed by atoms with Crippen molar-refractivity contribution in [3.63, 3.8) is 0 Å². The van der Waals surface area contributed by atoms with Gasteiger partial charge >= 0.3 is 0 Å². The normalized spacial score (nSPS) is 26.5. The first kappa shape index (κ1) is 16.5. The Morgan fingerprint density at radius 3 is 3.04 bits per heavy atom. The molecule has 0 saturated carbocycles. The molecule has 1 aromatic rings. The summed E-state index contributed by atoms with van der Waals surface area (Å²) in [5.74, 6) is 0.115. The van der Waals surface area contributed by atoms with Gasteiger partial charge in [0.25, 0.3) is 0 Å². The van der Waals surface area contributed by atoms with E-state index in [0.29, 0.717) is 12.6 Å². The monoisotopic (exact) mass is 320 g/mol. The zero-order chi connectivity index (χ0) is 16.2. The van der Waals surface area contributed by atoms with Crippen LogP contribution >= 0.6 is 0 Å². The quantitative estimate of drug-likeness (QED) is 0.859. The number of nitrogens with zero attached hydrogens (tertiary/aromatic N) is 3. The molecule has 0 bridgehead atoms. The van der Waals surface area contributed by atoms with E-state index in [2.05, 4.69) is 28.4 Å². The van der Waals surface area contributed by atoms with Crippen LogP contribution in [0.4, 0.5) is 0 Å². The van der Waals surface area contributed by atoms with Crippen LogP contribution in [0.25, 0.3) is 0 Å². The van der Waals surface area contributed by atoms with Crippen molar-refractivity contribution in [2.75, 3.05) is 19.7 Å². The Morgan fingerprint density at radius 2 is 2.35 bits per heavy atom. The fourth-order valence-electron chi connectivity index (χ4n) is 3.66. The van der Waals surface area contributed by atoms with E-state index < -0.39 is 0 Å².